The molecule has 0 aliphatic carbocycles. The van der Waals surface area contributed by atoms with Gasteiger partial charge in [-0.25, -0.2) is 4.21 Å². The van der Waals surface area contributed by atoms with E-state index < -0.39 is 11.3 Å². The van der Waals surface area contributed by atoms with E-state index in [2.05, 4.69) is 41.5 Å². The van der Waals surface area contributed by atoms with Crippen LogP contribution in [-0.4, -0.2) is 25.2 Å². The van der Waals surface area contributed by atoms with Crippen molar-refractivity contribution in [3.63, 3.8) is 0 Å². The Bertz CT molecular complexity index is 249. The minimum Gasteiger partial charge on any atom is -0.294 e. The van der Waals surface area contributed by atoms with Gasteiger partial charge in [-0.15, -0.1) is 0 Å². The maximum atomic E-state index is 11.6. The molecular formula is C16H35NO2S. The number of nitrogens with zero attached hydrogens (tertiary/aromatic N) is 1. The summed E-state index contributed by atoms with van der Waals surface area (Å²) < 4.78 is 23.0. The van der Waals surface area contributed by atoms with Gasteiger partial charge in [0.05, 0.1) is 0 Å². The summed E-state index contributed by atoms with van der Waals surface area (Å²) in [5, 5.41) is 0. The predicted octanol–water partition coefficient (Wildman–Crippen LogP) is 4.85. The molecule has 0 aliphatic rings. The fourth-order valence-electron chi connectivity index (χ4n) is 2.64. The molecule has 1 N–H and O–H groups in total. The van der Waals surface area contributed by atoms with E-state index in [1.54, 1.807) is 4.31 Å². The SMILES string of the molecule is CC(C)CCCC(C)N(C(C)CCCC(C)C)S(=O)O. The molecule has 0 rings (SSSR count). The van der Waals surface area contributed by atoms with Crippen molar-refractivity contribution in [1.82, 2.24) is 4.31 Å². The highest BCUT2D eigenvalue weighted by Gasteiger charge is 2.24. The second-order valence-corrected chi connectivity index (χ2v) is 7.82. The average Bonchev–Trinajstić information content (AvgIpc) is 2.27. The molecule has 0 spiro atoms. The maximum Gasteiger partial charge on any atom is 0.235 e. The summed E-state index contributed by atoms with van der Waals surface area (Å²) in [7, 11) is 0. The van der Waals surface area contributed by atoms with E-state index in [1.165, 1.54) is 12.8 Å². The molecule has 0 radical (unpaired) electrons. The molecule has 3 atom stereocenters. The zero-order chi connectivity index (χ0) is 15.7. The maximum absolute atomic E-state index is 11.6. The fraction of sp³-hybridized carbons (Fsp3) is 1.00. The molecule has 0 saturated heterocycles. The Balaban J connectivity index is 4.27. The lowest BCUT2D eigenvalue weighted by molar-refractivity contribution is 0.237. The predicted molar refractivity (Wildman–Crippen MR) is 88.9 cm³/mol. The van der Waals surface area contributed by atoms with E-state index in [1.807, 2.05) is 0 Å². The van der Waals surface area contributed by atoms with Crippen LogP contribution in [0.2, 0.25) is 0 Å². The molecule has 3 nitrogen and oxygen atoms in total. The standard InChI is InChI=1S/C16H35NO2S/c1-13(2)9-7-11-15(5)17(20(18)19)16(6)12-8-10-14(3)4/h13-16H,7-12H2,1-6H3,(H,18,19). The number of rotatable bonds is 11. The zero-order valence-corrected chi connectivity index (χ0v) is 15.1. The van der Waals surface area contributed by atoms with Crippen LogP contribution in [0.3, 0.4) is 0 Å². The van der Waals surface area contributed by atoms with Gasteiger partial charge in [0.25, 0.3) is 0 Å². The highest BCUT2D eigenvalue weighted by atomic mass is 32.2. The summed E-state index contributed by atoms with van der Waals surface area (Å²) >= 11 is -1.86. The van der Waals surface area contributed by atoms with Crippen LogP contribution in [0.5, 0.6) is 0 Å². The van der Waals surface area contributed by atoms with E-state index in [-0.39, 0.29) is 12.1 Å². The van der Waals surface area contributed by atoms with Crippen LogP contribution >= 0.6 is 0 Å². The summed E-state index contributed by atoms with van der Waals surface area (Å²) in [6.07, 6.45) is 6.64. The largest absolute Gasteiger partial charge is 0.294 e. The summed E-state index contributed by atoms with van der Waals surface area (Å²) in [5.74, 6) is 1.41. The molecule has 0 aliphatic heterocycles. The van der Waals surface area contributed by atoms with Crippen LogP contribution < -0.4 is 0 Å². The molecule has 0 fully saturated rings. The summed E-state index contributed by atoms with van der Waals surface area (Å²) in [5.41, 5.74) is 0. The summed E-state index contributed by atoms with van der Waals surface area (Å²) in [4.78, 5) is 0. The van der Waals surface area contributed by atoms with Crippen LogP contribution in [-0.2, 0) is 11.3 Å². The third-order valence-corrected chi connectivity index (χ3v) is 4.94. The molecule has 0 heterocycles. The highest BCUT2D eigenvalue weighted by Crippen LogP contribution is 2.20. The van der Waals surface area contributed by atoms with Gasteiger partial charge in [-0.2, -0.15) is 4.31 Å². The summed E-state index contributed by atoms with van der Waals surface area (Å²) in [6, 6.07) is 0.349. The average molecular weight is 306 g/mol. The monoisotopic (exact) mass is 305 g/mol. The van der Waals surface area contributed by atoms with Gasteiger partial charge >= 0.3 is 0 Å². The van der Waals surface area contributed by atoms with Crippen molar-refractivity contribution >= 4 is 11.3 Å². The number of hydrogen-bond acceptors (Lipinski definition) is 1. The van der Waals surface area contributed by atoms with E-state index >= 15 is 0 Å². The van der Waals surface area contributed by atoms with Gasteiger partial charge in [0.1, 0.15) is 0 Å². The van der Waals surface area contributed by atoms with Crippen LogP contribution in [0.15, 0.2) is 0 Å². The van der Waals surface area contributed by atoms with Gasteiger partial charge in [-0.05, 0) is 38.5 Å². The third-order valence-electron chi connectivity index (χ3n) is 3.86. The molecule has 122 valence electrons. The Morgan fingerprint density at radius 1 is 0.800 bits per heavy atom. The number of hydrogen-bond donors (Lipinski definition) is 1. The lowest BCUT2D eigenvalue weighted by Crippen LogP contribution is -2.41. The third kappa shape index (κ3) is 9.09. The van der Waals surface area contributed by atoms with Crippen molar-refractivity contribution in [1.29, 1.82) is 0 Å². The molecule has 0 aromatic carbocycles. The molecule has 0 amide bonds. The fourth-order valence-corrected chi connectivity index (χ4v) is 3.47. The molecule has 0 aromatic rings. The molecular weight excluding hydrogens is 270 g/mol. The molecule has 0 bridgehead atoms. The Morgan fingerprint density at radius 3 is 1.40 bits per heavy atom. The van der Waals surface area contributed by atoms with Gasteiger partial charge in [0, 0.05) is 12.1 Å². The first-order valence-electron chi connectivity index (χ1n) is 8.15. The highest BCUT2D eigenvalue weighted by molar-refractivity contribution is 7.76. The van der Waals surface area contributed by atoms with Crippen molar-refractivity contribution in [2.45, 2.75) is 92.2 Å². The molecule has 0 saturated carbocycles. The van der Waals surface area contributed by atoms with Crippen LogP contribution in [0.25, 0.3) is 0 Å². The second kappa shape index (κ2) is 10.7. The van der Waals surface area contributed by atoms with E-state index in [4.69, 9.17) is 0 Å². The minimum absolute atomic E-state index is 0.175. The van der Waals surface area contributed by atoms with Crippen LogP contribution in [0.4, 0.5) is 0 Å². The van der Waals surface area contributed by atoms with Gasteiger partial charge in [-0.3, -0.25) is 4.55 Å². The van der Waals surface area contributed by atoms with Crippen molar-refractivity contribution < 1.29 is 8.76 Å². The first-order valence-corrected chi connectivity index (χ1v) is 9.21. The molecule has 3 unspecified atom stereocenters. The van der Waals surface area contributed by atoms with Crippen molar-refractivity contribution in [2.24, 2.45) is 11.8 Å². The van der Waals surface area contributed by atoms with Crippen LogP contribution in [0, 0.1) is 11.8 Å². The van der Waals surface area contributed by atoms with Crippen LogP contribution in [0.1, 0.15) is 80.1 Å². The van der Waals surface area contributed by atoms with Crippen molar-refractivity contribution in [3.05, 3.63) is 0 Å². The molecule has 0 aromatic heterocycles. The zero-order valence-electron chi connectivity index (χ0n) is 14.3. The van der Waals surface area contributed by atoms with Gasteiger partial charge in [0.2, 0.25) is 11.3 Å². The van der Waals surface area contributed by atoms with Gasteiger partial charge in [-0.1, -0.05) is 53.4 Å². The minimum atomic E-state index is -1.86. The lowest BCUT2D eigenvalue weighted by atomic mass is 10.0. The molecule has 20 heavy (non-hydrogen) atoms. The lowest BCUT2D eigenvalue weighted by Gasteiger charge is -2.31. The quantitative estimate of drug-likeness (QED) is 0.554. The normalized spacial score (nSPS) is 16.9. The van der Waals surface area contributed by atoms with Crippen molar-refractivity contribution in [2.75, 3.05) is 0 Å². The molecule has 4 heteroatoms. The topological polar surface area (TPSA) is 40.5 Å². The Morgan fingerprint density at radius 2 is 1.15 bits per heavy atom. The second-order valence-electron chi connectivity index (χ2n) is 6.94. The first-order chi connectivity index (χ1) is 9.25. The van der Waals surface area contributed by atoms with E-state index in [9.17, 15) is 8.76 Å². The van der Waals surface area contributed by atoms with Crippen molar-refractivity contribution in [3.8, 4) is 0 Å². The first kappa shape index (κ1) is 20.1. The Kier molecular flexibility index (Phi) is 10.8. The van der Waals surface area contributed by atoms with Gasteiger partial charge < -0.3 is 0 Å². The summed E-state index contributed by atoms with van der Waals surface area (Å²) in [6.45, 7) is 13.0. The smallest absolute Gasteiger partial charge is 0.235 e. The van der Waals surface area contributed by atoms with E-state index in [0.29, 0.717) is 11.8 Å². The Hall–Kier alpha value is 0.0700. The van der Waals surface area contributed by atoms with Gasteiger partial charge in [0.15, 0.2) is 0 Å². The Labute approximate surface area is 128 Å². The van der Waals surface area contributed by atoms with E-state index in [0.717, 1.165) is 25.7 Å².